The smallest absolute Gasteiger partial charge is 0.163 e. The van der Waals surface area contributed by atoms with E-state index in [2.05, 4.69) is 6.58 Å². The molecule has 3 unspecified atom stereocenters. The van der Waals surface area contributed by atoms with Crippen molar-refractivity contribution in [2.75, 3.05) is 6.61 Å². The van der Waals surface area contributed by atoms with Crippen LogP contribution in [0.15, 0.2) is 12.7 Å². The van der Waals surface area contributed by atoms with Crippen molar-refractivity contribution in [2.24, 2.45) is 5.92 Å². The second-order valence-corrected chi connectivity index (χ2v) is 3.92. The summed E-state index contributed by atoms with van der Waals surface area (Å²) in [6.45, 7) is 9.41. The molecule has 0 bridgehead atoms. The highest BCUT2D eigenvalue weighted by Gasteiger charge is 2.42. The van der Waals surface area contributed by atoms with Gasteiger partial charge in [-0.25, -0.2) is 0 Å². The lowest BCUT2D eigenvalue weighted by atomic mass is 10.0. The Labute approximate surface area is 79.3 Å². The van der Waals surface area contributed by atoms with Crippen LogP contribution in [0.2, 0.25) is 0 Å². The Morgan fingerprint density at radius 3 is 2.62 bits per heavy atom. The van der Waals surface area contributed by atoms with Gasteiger partial charge in [0.15, 0.2) is 5.79 Å². The van der Waals surface area contributed by atoms with E-state index in [0.717, 1.165) is 0 Å². The van der Waals surface area contributed by atoms with E-state index in [9.17, 15) is 0 Å². The second kappa shape index (κ2) is 3.78. The zero-order valence-electron chi connectivity index (χ0n) is 8.49. The van der Waals surface area contributed by atoms with E-state index in [4.69, 9.17) is 14.6 Å². The van der Waals surface area contributed by atoms with Crippen molar-refractivity contribution < 1.29 is 14.6 Å². The molecule has 3 atom stereocenters. The first-order valence-corrected chi connectivity index (χ1v) is 4.59. The van der Waals surface area contributed by atoms with E-state index in [1.165, 1.54) is 0 Å². The minimum atomic E-state index is -0.588. The summed E-state index contributed by atoms with van der Waals surface area (Å²) in [6, 6.07) is 0. The highest BCUT2D eigenvalue weighted by Crippen LogP contribution is 2.32. The molecule has 13 heavy (non-hydrogen) atoms. The van der Waals surface area contributed by atoms with Gasteiger partial charge in [0, 0.05) is 5.92 Å². The number of hydrogen-bond acceptors (Lipinski definition) is 3. The molecule has 1 saturated heterocycles. The summed E-state index contributed by atoms with van der Waals surface area (Å²) in [5.41, 5.74) is 0. The Morgan fingerprint density at radius 1 is 1.54 bits per heavy atom. The van der Waals surface area contributed by atoms with Crippen LogP contribution in [0.3, 0.4) is 0 Å². The van der Waals surface area contributed by atoms with E-state index in [-0.39, 0.29) is 24.7 Å². The minimum absolute atomic E-state index is 0.00766. The van der Waals surface area contributed by atoms with Gasteiger partial charge in [0.1, 0.15) is 6.10 Å². The summed E-state index contributed by atoms with van der Waals surface area (Å²) in [4.78, 5) is 0. The van der Waals surface area contributed by atoms with Gasteiger partial charge in [-0.05, 0) is 13.8 Å². The molecule has 1 fully saturated rings. The van der Waals surface area contributed by atoms with Crippen LogP contribution in [0.5, 0.6) is 0 Å². The Balaban J connectivity index is 2.68. The molecule has 1 aliphatic heterocycles. The first-order chi connectivity index (χ1) is 6.00. The molecule has 0 aliphatic carbocycles. The monoisotopic (exact) mass is 186 g/mol. The summed E-state index contributed by atoms with van der Waals surface area (Å²) < 4.78 is 11.2. The van der Waals surface area contributed by atoms with Crippen molar-refractivity contribution in [3.63, 3.8) is 0 Å². The Hall–Kier alpha value is -0.380. The lowest BCUT2D eigenvalue weighted by Gasteiger charge is -2.19. The Bertz CT molecular complexity index is 189. The molecule has 0 saturated carbocycles. The van der Waals surface area contributed by atoms with Crippen molar-refractivity contribution in [3.05, 3.63) is 12.7 Å². The maximum absolute atomic E-state index is 9.07. The molecule has 76 valence electrons. The fraction of sp³-hybridized carbons (Fsp3) is 0.800. The van der Waals surface area contributed by atoms with Gasteiger partial charge in [-0.15, -0.1) is 6.58 Å². The fourth-order valence-corrected chi connectivity index (χ4v) is 1.58. The third-order valence-electron chi connectivity index (χ3n) is 2.29. The van der Waals surface area contributed by atoms with E-state index in [0.29, 0.717) is 0 Å². The van der Waals surface area contributed by atoms with E-state index < -0.39 is 5.79 Å². The first-order valence-electron chi connectivity index (χ1n) is 4.59. The lowest BCUT2D eigenvalue weighted by molar-refractivity contribution is -0.151. The molecule has 1 aliphatic rings. The number of aliphatic hydroxyl groups excluding tert-OH is 1. The Kier molecular flexibility index (Phi) is 3.11. The number of ether oxygens (including phenoxy) is 2. The predicted molar refractivity (Wildman–Crippen MR) is 50.3 cm³/mol. The largest absolute Gasteiger partial charge is 0.394 e. The van der Waals surface area contributed by atoms with Gasteiger partial charge < -0.3 is 14.6 Å². The van der Waals surface area contributed by atoms with Crippen LogP contribution >= 0.6 is 0 Å². The van der Waals surface area contributed by atoms with Crippen LogP contribution in [0.4, 0.5) is 0 Å². The summed E-state index contributed by atoms with van der Waals surface area (Å²) in [5, 5.41) is 9.07. The van der Waals surface area contributed by atoms with Crippen LogP contribution in [0, 0.1) is 5.92 Å². The molecule has 3 heteroatoms. The zero-order chi connectivity index (χ0) is 10.1. The number of hydrogen-bond donors (Lipinski definition) is 1. The van der Waals surface area contributed by atoms with Crippen LogP contribution in [-0.2, 0) is 9.47 Å². The number of rotatable bonds is 3. The van der Waals surface area contributed by atoms with Gasteiger partial charge in [-0.2, -0.15) is 0 Å². The average molecular weight is 186 g/mol. The molecule has 0 aromatic carbocycles. The SMILES string of the molecule is C=CC(C)C1OC(C)(C)OC1CO. The molecular weight excluding hydrogens is 168 g/mol. The summed E-state index contributed by atoms with van der Waals surface area (Å²) in [5.74, 6) is -0.395. The summed E-state index contributed by atoms with van der Waals surface area (Å²) >= 11 is 0. The molecule has 3 nitrogen and oxygen atoms in total. The molecule has 0 radical (unpaired) electrons. The van der Waals surface area contributed by atoms with Crippen molar-refractivity contribution >= 4 is 0 Å². The normalized spacial score (nSPS) is 34.5. The third kappa shape index (κ3) is 2.30. The van der Waals surface area contributed by atoms with Gasteiger partial charge in [0.25, 0.3) is 0 Å². The van der Waals surface area contributed by atoms with Gasteiger partial charge in [0.2, 0.25) is 0 Å². The van der Waals surface area contributed by atoms with Crippen LogP contribution in [-0.4, -0.2) is 29.7 Å². The van der Waals surface area contributed by atoms with Crippen molar-refractivity contribution in [3.8, 4) is 0 Å². The average Bonchev–Trinajstić information content (AvgIpc) is 2.39. The molecule has 0 aromatic rings. The molecule has 1 N–H and O–H groups in total. The van der Waals surface area contributed by atoms with Gasteiger partial charge in [-0.3, -0.25) is 0 Å². The topological polar surface area (TPSA) is 38.7 Å². The molecule has 1 heterocycles. The zero-order valence-corrected chi connectivity index (χ0v) is 8.49. The van der Waals surface area contributed by atoms with E-state index in [1.807, 2.05) is 26.8 Å². The van der Waals surface area contributed by atoms with Crippen LogP contribution in [0.25, 0.3) is 0 Å². The first kappa shape index (κ1) is 10.7. The van der Waals surface area contributed by atoms with E-state index in [1.54, 1.807) is 0 Å². The quantitative estimate of drug-likeness (QED) is 0.676. The highest BCUT2D eigenvalue weighted by molar-refractivity contribution is 4.91. The van der Waals surface area contributed by atoms with Gasteiger partial charge in [-0.1, -0.05) is 13.0 Å². The Morgan fingerprint density at radius 2 is 2.15 bits per heavy atom. The second-order valence-electron chi connectivity index (χ2n) is 3.92. The molecule has 0 aromatic heterocycles. The van der Waals surface area contributed by atoms with Crippen molar-refractivity contribution in [2.45, 2.75) is 38.8 Å². The fourth-order valence-electron chi connectivity index (χ4n) is 1.58. The summed E-state index contributed by atoms with van der Waals surface area (Å²) in [6.07, 6.45) is 1.50. The van der Waals surface area contributed by atoms with Crippen LogP contribution < -0.4 is 0 Å². The third-order valence-corrected chi connectivity index (χ3v) is 2.29. The molecule has 1 rings (SSSR count). The minimum Gasteiger partial charge on any atom is -0.394 e. The van der Waals surface area contributed by atoms with E-state index >= 15 is 0 Å². The maximum atomic E-state index is 9.07. The highest BCUT2D eigenvalue weighted by atomic mass is 16.8. The molecule has 0 amide bonds. The predicted octanol–water partition coefficient (Wildman–Crippen LogP) is 1.32. The van der Waals surface area contributed by atoms with Crippen molar-refractivity contribution in [1.82, 2.24) is 0 Å². The van der Waals surface area contributed by atoms with Crippen molar-refractivity contribution in [1.29, 1.82) is 0 Å². The summed E-state index contributed by atoms with van der Waals surface area (Å²) in [7, 11) is 0. The standard InChI is InChI=1S/C10H18O3/c1-5-7(2)9-8(6-11)12-10(3,4)13-9/h5,7-9,11H,1,6H2,2-4H3. The van der Waals surface area contributed by atoms with Gasteiger partial charge in [0.05, 0.1) is 12.7 Å². The molecule has 0 spiro atoms. The van der Waals surface area contributed by atoms with Gasteiger partial charge >= 0.3 is 0 Å². The van der Waals surface area contributed by atoms with Crippen LogP contribution in [0.1, 0.15) is 20.8 Å². The number of aliphatic hydroxyl groups is 1. The maximum Gasteiger partial charge on any atom is 0.163 e. The lowest BCUT2D eigenvalue weighted by Crippen LogP contribution is -2.31. The molecular formula is C10H18O3.